The minimum Gasteiger partial charge on any atom is -0.354 e. The van der Waals surface area contributed by atoms with E-state index in [1.54, 1.807) is 11.8 Å². The first-order valence-corrected chi connectivity index (χ1v) is 15.9. The molecule has 5 amide bonds. The minimum absolute atomic E-state index is 0.0658. The molecule has 0 radical (unpaired) electrons. The average Bonchev–Trinajstić information content (AvgIpc) is 3.25. The van der Waals surface area contributed by atoms with Gasteiger partial charge in [0.2, 0.25) is 29.5 Å². The Morgan fingerprint density at radius 1 is 0.933 bits per heavy atom. The summed E-state index contributed by atoms with van der Waals surface area (Å²) >= 11 is 0. The molecule has 0 spiro atoms. The first kappa shape index (κ1) is 35.3. The molecule has 3 rings (SSSR count). The number of rotatable bonds is 6. The van der Waals surface area contributed by atoms with Crippen molar-refractivity contribution in [3.05, 3.63) is 52.8 Å². The number of nitrogens with one attached hydrogen (secondary N) is 4. The number of carbonyl (C=O) groups is 5. The number of aromatic nitrogens is 2. The van der Waals surface area contributed by atoms with Crippen molar-refractivity contribution < 1.29 is 24.0 Å². The number of hydrogen-bond acceptors (Lipinski definition) is 6. The third-order valence-corrected chi connectivity index (χ3v) is 8.30. The Morgan fingerprint density at radius 2 is 1.62 bits per heavy atom. The van der Waals surface area contributed by atoms with Crippen molar-refractivity contribution in [2.45, 2.75) is 98.3 Å². The number of carbonyl (C=O) groups excluding carboxylic acids is 5. The van der Waals surface area contributed by atoms with E-state index in [0.717, 1.165) is 22.5 Å². The van der Waals surface area contributed by atoms with Crippen LogP contribution in [0.1, 0.15) is 69.0 Å². The lowest BCUT2D eigenvalue weighted by Crippen LogP contribution is -2.57. The molecule has 4 N–H and O–H groups in total. The van der Waals surface area contributed by atoms with Crippen molar-refractivity contribution in [2.75, 3.05) is 19.6 Å². The second-order valence-electron chi connectivity index (χ2n) is 12.2. The first-order valence-electron chi connectivity index (χ1n) is 15.9. The van der Waals surface area contributed by atoms with Crippen molar-refractivity contribution >= 4 is 29.5 Å². The summed E-state index contributed by atoms with van der Waals surface area (Å²) in [6.45, 7) is 12.6. The van der Waals surface area contributed by atoms with Gasteiger partial charge < -0.3 is 26.2 Å². The molecule has 2 aromatic rings. The van der Waals surface area contributed by atoms with Gasteiger partial charge in [-0.2, -0.15) is 5.10 Å². The van der Waals surface area contributed by atoms with Crippen molar-refractivity contribution in [2.24, 2.45) is 5.92 Å². The van der Waals surface area contributed by atoms with Gasteiger partial charge in [0.15, 0.2) is 0 Å². The lowest BCUT2D eigenvalue weighted by Gasteiger charge is -2.26. The van der Waals surface area contributed by atoms with Crippen LogP contribution in [0.3, 0.4) is 0 Å². The fraction of sp³-hybridized carbons (Fsp3) is 0.576. The Balaban J connectivity index is 1.77. The van der Waals surface area contributed by atoms with Crippen LogP contribution in [-0.2, 0) is 36.9 Å². The van der Waals surface area contributed by atoms with E-state index in [9.17, 15) is 24.0 Å². The van der Waals surface area contributed by atoms with E-state index in [2.05, 4.69) is 26.4 Å². The number of nitrogens with zero attached hydrogens (tertiary/aromatic N) is 3. The second-order valence-corrected chi connectivity index (χ2v) is 12.2. The van der Waals surface area contributed by atoms with Gasteiger partial charge in [0, 0.05) is 51.1 Å². The summed E-state index contributed by atoms with van der Waals surface area (Å²) in [5, 5.41) is 15.7. The van der Waals surface area contributed by atoms with E-state index < -0.39 is 29.9 Å². The van der Waals surface area contributed by atoms with Gasteiger partial charge >= 0.3 is 0 Å². The maximum absolute atomic E-state index is 13.3. The average molecular weight is 624 g/mol. The highest BCUT2D eigenvalue weighted by Crippen LogP contribution is 2.13. The zero-order valence-electron chi connectivity index (χ0n) is 27.4. The molecular weight excluding hydrogens is 574 g/mol. The summed E-state index contributed by atoms with van der Waals surface area (Å²) < 4.78 is 1.84. The summed E-state index contributed by atoms with van der Waals surface area (Å²) in [5.41, 5.74) is 3.91. The van der Waals surface area contributed by atoms with Crippen LogP contribution in [0, 0.1) is 26.7 Å². The van der Waals surface area contributed by atoms with Crippen LogP contribution < -0.4 is 21.3 Å². The van der Waals surface area contributed by atoms with Gasteiger partial charge in [0.05, 0.1) is 5.69 Å². The maximum atomic E-state index is 13.3. The minimum atomic E-state index is -0.932. The lowest BCUT2D eigenvalue weighted by atomic mass is 10.0. The van der Waals surface area contributed by atoms with Crippen LogP contribution in [0.5, 0.6) is 0 Å². The Morgan fingerprint density at radius 3 is 2.27 bits per heavy atom. The van der Waals surface area contributed by atoms with Crippen molar-refractivity contribution in [1.82, 2.24) is 35.9 Å². The van der Waals surface area contributed by atoms with Crippen LogP contribution in [0.15, 0.2) is 30.3 Å². The molecular formula is C33H49N7O5. The molecule has 246 valence electrons. The van der Waals surface area contributed by atoms with Gasteiger partial charge in [-0.1, -0.05) is 44.2 Å². The second kappa shape index (κ2) is 16.7. The Labute approximate surface area is 266 Å². The first-order chi connectivity index (χ1) is 21.4. The molecule has 12 nitrogen and oxygen atoms in total. The van der Waals surface area contributed by atoms with Gasteiger partial charge in [-0.25, -0.2) is 0 Å². The van der Waals surface area contributed by atoms with Crippen LogP contribution in [0.4, 0.5) is 0 Å². The van der Waals surface area contributed by atoms with Gasteiger partial charge in [-0.15, -0.1) is 0 Å². The molecule has 1 aromatic heterocycles. The topological polar surface area (TPSA) is 155 Å². The molecule has 2 heterocycles. The predicted molar refractivity (Wildman–Crippen MR) is 171 cm³/mol. The van der Waals surface area contributed by atoms with E-state index >= 15 is 0 Å². The molecule has 1 fully saturated rings. The summed E-state index contributed by atoms with van der Waals surface area (Å²) in [5.74, 6) is -1.92. The molecule has 1 aromatic carbocycles. The van der Waals surface area contributed by atoms with Crippen LogP contribution in [0.2, 0.25) is 0 Å². The summed E-state index contributed by atoms with van der Waals surface area (Å²) in [4.78, 5) is 67.5. The van der Waals surface area contributed by atoms with E-state index in [0.29, 0.717) is 39.0 Å². The molecule has 12 heteroatoms. The molecule has 1 aliphatic heterocycles. The number of hydrogen-bond donors (Lipinski definition) is 4. The molecule has 0 bridgehead atoms. The quantitative estimate of drug-likeness (QED) is 0.384. The van der Waals surface area contributed by atoms with E-state index in [1.807, 2.05) is 69.6 Å². The third kappa shape index (κ3) is 10.4. The SMILES string of the molecule is Cc1nn(CCC(=O)N2CCCNC(=O)[C@@H](C(C)C)NC(=O)[C@@H](C)NC(=O)[C@H](Cc3ccccc3)NC(=O)CCC2)c(C)c1C. The summed E-state index contributed by atoms with van der Waals surface area (Å²) in [6.07, 6.45) is 1.50. The molecule has 1 saturated heterocycles. The van der Waals surface area contributed by atoms with Crippen LogP contribution in [0.25, 0.3) is 0 Å². The van der Waals surface area contributed by atoms with E-state index in [4.69, 9.17) is 0 Å². The summed E-state index contributed by atoms with van der Waals surface area (Å²) in [6, 6.07) is 6.64. The van der Waals surface area contributed by atoms with Gasteiger partial charge in [0.25, 0.3) is 0 Å². The van der Waals surface area contributed by atoms with Crippen molar-refractivity contribution in [3.8, 4) is 0 Å². The smallest absolute Gasteiger partial charge is 0.243 e. The molecule has 0 aliphatic carbocycles. The Kier molecular flexibility index (Phi) is 13.1. The fourth-order valence-electron chi connectivity index (χ4n) is 5.27. The highest BCUT2D eigenvalue weighted by Gasteiger charge is 2.29. The van der Waals surface area contributed by atoms with Crippen LogP contribution in [-0.4, -0.2) is 82.0 Å². The normalized spacial score (nSPS) is 21.3. The molecule has 0 saturated carbocycles. The number of amides is 5. The van der Waals surface area contributed by atoms with Crippen molar-refractivity contribution in [3.63, 3.8) is 0 Å². The van der Waals surface area contributed by atoms with Gasteiger partial charge in [-0.3, -0.25) is 28.7 Å². The zero-order valence-corrected chi connectivity index (χ0v) is 27.4. The summed E-state index contributed by atoms with van der Waals surface area (Å²) in [7, 11) is 0. The largest absolute Gasteiger partial charge is 0.354 e. The standard InChI is InChI=1S/C33H49N7O5/c1-21(2)30-33(45)34-16-11-18-39(29(42)15-19-40-25(6)22(3)23(4)38-40)17-10-14-28(41)36-27(20-26-12-8-7-9-13-26)32(44)35-24(5)31(43)37-30/h7-9,12-13,21,24,27,30H,10-11,14-20H2,1-6H3,(H,34,45)(H,35,44)(H,36,41)(H,37,43)/t24-,27+,30-/m1/s1. The Hall–Kier alpha value is -4.22. The molecule has 3 atom stereocenters. The monoisotopic (exact) mass is 623 g/mol. The highest BCUT2D eigenvalue weighted by molar-refractivity contribution is 5.94. The zero-order chi connectivity index (χ0) is 33.1. The van der Waals surface area contributed by atoms with E-state index in [1.165, 1.54) is 0 Å². The fourth-order valence-corrected chi connectivity index (χ4v) is 5.27. The van der Waals surface area contributed by atoms with Crippen molar-refractivity contribution in [1.29, 1.82) is 0 Å². The van der Waals surface area contributed by atoms with Gasteiger partial charge in [-0.05, 0) is 57.6 Å². The lowest BCUT2D eigenvalue weighted by molar-refractivity contribution is -0.134. The molecule has 0 unspecified atom stereocenters. The maximum Gasteiger partial charge on any atom is 0.243 e. The predicted octanol–water partition coefficient (Wildman–Crippen LogP) is 1.70. The highest BCUT2D eigenvalue weighted by atomic mass is 16.2. The Bertz CT molecular complexity index is 1340. The number of benzene rings is 1. The number of aryl methyl sites for hydroxylation is 2. The molecule has 1 aliphatic rings. The van der Waals surface area contributed by atoms with Gasteiger partial charge in [0.1, 0.15) is 18.1 Å². The van der Waals surface area contributed by atoms with E-state index in [-0.39, 0.29) is 42.9 Å². The molecule has 45 heavy (non-hydrogen) atoms. The van der Waals surface area contributed by atoms with Crippen LogP contribution >= 0.6 is 0 Å². The third-order valence-electron chi connectivity index (χ3n) is 8.30.